The predicted molar refractivity (Wildman–Crippen MR) is 85.2 cm³/mol. The van der Waals surface area contributed by atoms with Crippen molar-refractivity contribution in [1.82, 2.24) is 0 Å². The van der Waals surface area contributed by atoms with Gasteiger partial charge < -0.3 is 18.6 Å². The first kappa shape index (κ1) is 16.9. The van der Waals surface area contributed by atoms with E-state index >= 15 is 0 Å². The summed E-state index contributed by atoms with van der Waals surface area (Å²) in [5.41, 5.74) is 0.269. The van der Waals surface area contributed by atoms with Crippen molar-refractivity contribution in [3.05, 3.63) is 34.2 Å². The molecule has 1 aromatic heterocycles. The SMILES string of the molecule is COC(=O)CCCCc1cc(=O)c2c(OC)cc(OC)cc2o1. The molecule has 0 fully saturated rings. The summed E-state index contributed by atoms with van der Waals surface area (Å²) < 4.78 is 20.8. The zero-order valence-corrected chi connectivity index (χ0v) is 13.5. The number of esters is 1. The fourth-order valence-electron chi connectivity index (χ4n) is 2.35. The lowest BCUT2D eigenvalue weighted by atomic mass is 10.1. The fraction of sp³-hybridized carbons (Fsp3) is 0.412. The highest BCUT2D eigenvalue weighted by molar-refractivity contribution is 5.85. The van der Waals surface area contributed by atoms with Crippen LogP contribution in [0.2, 0.25) is 0 Å². The highest BCUT2D eigenvalue weighted by Crippen LogP contribution is 2.29. The third-order valence-electron chi connectivity index (χ3n) is 3.56. The van der Waals surface area contributed by atoms with Gasteiger partial charge in [-0.25, -0.2) is 0 Å². The van der Waals surface area contributed by atoms with Gasteiger partial charge in [-0.3, -0.25) is 9.59 Å². The molecule has 6 nitrogen and oxygen atoms in total. The van der Waals surface area contributed by atoms with Crippen molar-refractivity contribution in [2.75, 3.05) is 21.3 Å². The van der Waals surface area contributed by atoms with Crippen LogP contribution in [-0.2, 0) is 16.0 Å². The minimum atomic E-state index is -0.237. The highest BCUT2D eigenvalue weighted by atomic mass is 16.5. The number of ether oxygens (including phenoxy) is 3. The Kier molecular flexibility index (Phi) is 5.62. The summed E-state index contributed by atoms with van der Waals surface area (Å²) in [6, 6.07) is 4.78. The molecule has 0 atom stereocenters. The zero-order chi connectivity index (χ0) is 16.8. The summed E-state index contributed by atoms with van der Waals surface area (Å²) in [5, 5.41) is 0.395. The Morgan fingerprint density at radius 1 is 1.09 bits per heavy atom. The van der Waals surface area contributed by atoms with Crippen molar-refractivity contribution in [2.45, 2.75) is 25.7 Å². The Labute approximate surface area is 134 Å². The van der Waals surface area contributed by atoms with Crippen molar-refractivity contribution in [1.29, 1.82) is 0 Å². The van der Waals surface area contributed by atoms with Crippen LogP contribution in [0.4, 0.5) is 0 Å². The summed E-state index contributed by atoms with van der Waals surface area (Å²) >= 11 is 0. The van der Waals surface area contributed by atoms with Gasteiger partial charge in [-0.15, -0.1) is 0 Å². The molecule has 1 aromatic carbocycles. The number of hydrogen-bond acceptors (Lipinski definition) is 6. The van der Waals surface area contributed by atoms with Crippen LogP contribution in [0.25, 0.3) is 11.0 Å². The molecule has 0 aliphatic carbocycles. The lowest BCUT2D eigenvalue weighted by molar-refractivity contribution is -0.140. The van der Waals surface area contributed by atoms with E-state index < -0.39 is 0 Å². The molecule has 0 amide bonds. The van der Waals surface area contributed by atoms with E-state index in [9.17, 15) is 9.59 Å². The molecule has 0 N–H and O–H groups in total. The number of rotatable bonds is 7. The van der Waals surface area contributed by atoms with Crippen LogP contribution in [0.15, 0.2) is 27.4 Å². The first-order chi connectivity index (χ1) is 11.1. The second kappa shape index (κ2) is 7.67. The molecular formula is C17H20O6. The van der Waals surface area contributed by atoms with Gasteiger partial charge in [0.25, 0.3) is 0 Å². The second-order valence-electron chi connectivity index (χ2n) is 5.06. The highest BCUT2D eigenvalue weighted by Gasteiger charge is 2.12. The molecule has 0 spiro atoms. The number of benzene rings is 1. The van der Waals surface area contributed by atoms with Gasteiger partial charge in [0, 0.05) is 31.0 Å². The van der Waals surface area contributed by atoms with Crippen molar-refractivity contribution in [2.24, 2.45) is 0 Å². The quantitative estimate of drug-likeness (QED) is 0.577. The van der Waals surface area contributed by atoms with Crippen LogP contribution in [-0.4, -0.2) is 27.3 Å². The average molecular weight is 320 g/mol. The third-order valence-corrected chi connectivity index (χ3v) is 3.56. The normalized spacial score (nSPS) is 10.6. The van der Waals surface area contributed by atoms with Gasteiger partial charge in [-0.1, -0.05) is 0 Å². The van der Waals surface area contributed by atoms with E-state index in [1.165, 1.54) is 27.4 Å². The van der Waals surface area contributed by atoms with E-state index in [0.29, 0.717) is 47.5 Å². The summed E-state index contributed by atoms with van der Waals surface area (Å²) in [7, 11) is 4.40. The number of methoxy groups -OCH3 is 3. The van der Waals surface area contributed by atoms with Crippen LogP contribution in [0.1, 0.15) is 25.0 Å². The Morgan fingerprint density at radius 3 is 2.52 bits per heavy atom. The first-order valence-corrected chi connectivity index (χ1v) is 7.34. The van der Waals surface area contributed by atoms with E-state index in [4.69, 9.17) is 13.9 Å². The molecular weight excluding hydrogens is 300 g/mol. The monoisotopic (exact) mass is 320 g/mol. The summed E-state index contributed by atoms with van der Waals surface area (Å²) in [6.07, 6.45) is 2.33. The Bertz CT molecular complexity index is 747. The van der Waals surface area contributed by atoms with Gasteiger partial charge in [-0.2, -0.15) is 0 Å². The standard InChI is InChI=1S/C17H20O6/c1-20-12-9-14(21-2)17-13(18)8-11(23-15(17)10-12)6-4-5-7-16(19)22-3/h8-10H,4-7H2,1-3H3. The molecule has 0 bridgehead atoms. The predicted octanol–water partition coefficient (Wildman–Crippen LogP) is 2.70. The van der Waals surface area contributed by atoms with Crippen LogP contribution in [0.5, 0.6) is 11.5 Å². The lowest BCUT2D eigenvalue weighted by Crippen LogP contribution is -2.05. The first-order valence-electron chi connectivity index (χ1n) is 7.34. The number of unbranched alkanes of at least 4 members (excludes halogenated alkanes) is 1. The topological polar surface area (TPSA) is 75.0 Å². The van der Waals surface area contributed by atoms with Crippen molar-refractivity contribution < 1.29 is 23.4 Å². The lowest BCUT2D eigenvalue weighted by Gasteiger charge is -2.09. The van der Waals surface area contributed by atoms with Crippen LogP contribution < -0.4 is 14.9 Å². The van der Waals surface area contributed by atoms with Crippen molar-refractivity contribution >= 4 is 16.9 Å². The molecule has 0 unspecified atom stereocenters. The Hall–Kier alpha value is -2.50. The molecule has 0 aliphatic rings. The molecule has 0 radical (unpaired) electrons. The van der Waals surface area contributed by atoms with E-state index in [1.54, 1.807) is 12.1 Å². The number of hydrogen-bond donors (Lipinski definition) is 0. The maximum Gasteiger partial charge on any atom is 0.305 e. The molecule has 0 saturated heterocycles. The largest absolute Gasteiger partial charge is 0.496 e. The number of carbonyl (C=O) groups excluding carboxylic acids is 1. The molecule has 1 heterocycles. The van der Waals surface area contributed by atoms with Gasteiger partial charge in [0.15, 0.2) is 5.43 Å². The van der Waals surface area contributed by atoms with Gasteiger partial charge in [0.2, 0.25) is 0 Å². The molecule has 2 aromatic rings. The molecule has 0 saturated carbocycles. The van der Waals surface area contributed by atoms with E-state index in [2.05, 4.69) is 4.74 Å². The third kappa shape index (κ3) is 4.03. The molecule has 6 heteroatoms. The minimum Gasteiger partial charge on any atom is -0.496 e. The summed E-state index contributed by atoms with van der Waals surface area (Å²) in [6.45, 7) is 0. The molecule has 23 heavy (non-hydrogen) atoms. The number of aryl methyl sites for hydroxylation is 1. The Balaban J connectivity index is 2.23. The van der Waals surface area contributed by atoms with Gasteiger partial charge in [0.05, 0.1) is 21.3 Å². The van der Waals surface area contributed by atoms with Gasteiger partial charge in [-0.05, 0) is 12.8 Å². The van der Waals surface area contributed by atoms with E-state index in [0.717, 1.165) is 6.42 Å². The van der Waals surface area contributed by atoms with Crippen LogP contribution in [0, 0.1) is 0 Å². The summed E-state index contributed by atoms with van der Waals surface area (Å²) in [5.74, 6) is 1.31. The fourth-order valence-corrected chi connectivity index (χ4v) is 2.35. The second-order valence-corrected chi connectivity index (χ2v) is 5.06. The van der Waals surface area contributed by atoms with Gasteiger partial charge >= 0.3 is 5.97 Å². The van der Waals surface area contributed by atoms with E-state index in [1.807, 2.05) is 0 Å². The van der Waals surface area contributed by atoms with Crippen LogP contribution >= 0.6 is 0 Å². The molecule has 124 valence electrons. The smallest absolute Gasteiger partial charge is 0.305 e. The molecule has 0 aliphatic heterocycles. The summed E-state index contributed by atoms with van der Waals surface area (Å²) in [4.78, 5) is 23.4. The minimum absolute atomic E-state index is 0.159. The number of fused-ring (bicyclic) bond motifs is 1. The van der Waals surface area contributed by atoms with Crippen LogP contribution in [0.3, 0.4) is 0 Å². The Morgan fingerprint density at radius 2 is 1.87 bits per heavy atom. The number of carbonyl (C=O) groups is 1. The average Bonchev–Trinajstić information content (AvgIpc) is 2.57. The van der Waals surface area contributed by atoms with Crippen molar-refractivity contribution in [3.8, 4) is 11.5 Å². The van der Waals surface area contributed by atoms with E-state index in [-0.39, 0.29) is 11.4 Å². The van der Waals surface area contributed by atoms with Crippen molar-refractivity contribution in [3.63, 3.8) is 0 Å². The van der Waals surface area contributed by atoms with Gasteiger partial charge in [0.1, 0.15) is 28.2 Å². The zero-order valence-electron chi connectivity index (χ0n) is 13.5. The maximum atomic E-state index is 12.3. The molecule has 2 rings (SSSR count). The maximum absolute atomic E-state index is 12.3.